The second-order valence-electron chi connectivity index (χ2n) is 6.79. The van der Waals surface area contributed by atoms with Crippen molar-refractivity contribution < 1.29 is 46.0 Å². The zero-order valence-electron chi connectivity index (χ0n) is 17.0. The zero-order valence-corrected chi connectivity index (χ0v) is 17.8. The van der Waals surface area contributed by atoms with Crippen LogP contribution >= 0.6 is 11.8 Å². The fraction of sp³-hybridized carbons (Fsp3) is 0.263. The molecule has 0 saturated carbocycles. The van der Waals surface area contributed by atoms with Gasteiger partial charge in [0.15, 0.2) is 0 Å². The summed E-state index contributed by atoms with van der Waals surface area (Å²) in [5.41, 5.74) is -7.67. The van der Waals surface area contributed by atoms with Crippen LogP contribution in [0.1, 0.15) is 12.5 Å². The Morgan fingerprint density at radius 3 is 2.03 bits per heavy atom. The minimum Gasteiger partial charge on any atom is -0.372 e. The quantitative estimate of drug-likeness (QED) is 0.216. The molecule has 2 rings (SSSR count). The molecule has 0 aromatic heterocycles. The van der Waals surface area contributed by atoms with Gasteiger partial charge >= 0.3 is 12.4 Å². The van der Waals surface area contributed by atoms with Crippen molar-refractivity contribution in [3.63, 3.8) is 0 Å². The fourth-order valence-electron chi connectivity index (χ4n) is 2.54. The van der Waals surface area contributed by atoms with Crippen molar-refractivity contribution in [1.82, 2.24) is 0 Å². The molecule has 0 aliphatic carbocycles. The molecule has 2 amide bonds. The largest absolute Gasteiger partial charge is 0.427 e. The van der Waals surface area contributed by atoms with Crippen molar-refractivity contribution in [3.05, 3.63) is 58.1 Å². The minimum atomic E-state index is -5.52. The summed E-state index contributed by atoms with van der Waals surface area (Å²) in [6.07, 6.45) is -10.8. The first-order chi connectivity index (χ1) is 15.5. The van der Waals surface area contributed by atoms with Gasteiger partial charge in [-0.25, -0.2) is 0 Å². The summed E-state index contributed by atoms with van der Waals surface area (Å²) in [5.74, 6) is -3.73. The summed E-state index contributed by atoms with van der Waals surface area (Å²) in [4.78, 5) is 32.9. The van der Waals surface area contributed by atoms with Gasteiger partial charge in [-0.3, -0.25) is 19.7 Å². The number of benzene rings is 2. The Morgan fingerprint density at radius 2 is 1.56 bits per heavy atom. The molecule has 0 spiro atoms. The molecule has 1 unspecified atom stereocenters. The number of nitrogens with one attached hydrogen (secondary N) is 2. The first kappa shape index (κ1) is 26.9. The molecule has 2 aromatic carbocycles. The highest BCUT2D eigenvalue weighted by molar-refractivity contribution is 7.99. The van der Waals surface area contributed by atoms with Gasteiger partial charge in [0.05, 0.1) is 4.92 Å². The maximum atomic E-state index is 13.6. The Labute approximate surface area is 191 Å². The molecule has 0 heterocycles. The Hall–Kier alpha value is -3.33. The summed E-state index contributed by atoms with van der Waals surface area (Å²) >= 11 is 0.422. The Kier molecular flexibility index (Phi) is 7.83. The van der Waals surface area contributed by atoms with Crippen molar-refractivity contribution in [1.29, 1.82) is 0 Å². The van der Waals surface area contributed by atoms with Crippen molar-refractivity contribution in [2.24, 2.45) is 0 Å². The summed E-state index contributed by atoms with van der Waals surface area (Å²) in [7, 11) is 0. The van der Waals surface area contributed by atoms with Crippen LogP contribution in [0.3, 0.4) is 0 Å². The molecule has 15 heteroatoms. The van der Waals surface area contributed by atoms with Crippen LogP contribution in [0.15, 0.2) is 47.4 Å². The van der Waals surface area contributed by atoms with Gasteiger partial charge in [-0.05, 0) is 36.4 Å². The molecule has 34 heavy (non-hydrogen) atoms. The van der Waals surface area contributed by atoms with Crippen LogP contribution in [0.2, 0.25) is 0 Å². The Morgan fingerprint density at radius 1 is 1.00 bits per heavy atom. The van der Waals surface area contributed by atoms with E-state index in [1.165, 1.54) is 31.2 Å². The van der Waals surface area contributed by atoms with E-state index in [1.54, 1.807) is 5.32 Å². The number of nitro groups is 1. The number of nitrogens with zero attached hydrogens (tertiary/aromatic N) is 1. The standard InChI is InChI=1S/C19H15F6N3O5S/c1-10(29)26-11-2-5-13(6-3-11)34-9-17(31,19(23,24)25)16(30)27-12-4-7-15(28(32)33)14(8-12)18(20,21)22/h2-8,31H,9H2,1H3,(H,26,29)(H,27,30). The highest BCUT2D eigenvalue weighted by atomic mass is 32.2. The van der Waals surface area contributed by atoms with Crippen LogP contribution in [0.4, 0.5) is 43.4 Å². The van der Waals surface area contributed by atoms with Gasteiger partial charge < -0.3 is 15.7 Å². The number of halogens is 6. The van der Waals surface area contributed by atoms with Crippen LogP contribution < -0.4 is 10.6 Å². The maximum absolute atomic E-state index is 13.6. The lowest BCUT2D eigenvalue weighted by Gasteiger charge is -2.29. The number of anilines is 2. The molecule has 0 bridgehead atoms. The number of nitro benzene ring substituents is 1. The normalized spacial score (nSPS) is 13.6. The zero-order chi connectivity index (χ0) is 25.9. The van der Waals surface area contributed by atoms with Gasteiger partial charge in [0.2, 0.25) is 11.5 Å². The molecular weight excluding hydrogens is 496 g/mol. The van der Waals surface area contributed by atoms with Gasteiger partial charge in [0.1, 0.15) is 5.56 Å². The molecule has 1 atom stereocenters. The van der Waals surface area contributed by atoms with Crippen molar-refractivity contribution in [2.45, 2.75) is 29.8 Å². The summed E-state index contributed by atoms with van der Waals surface area (Å²) in [5, 5.41) is 24.9. The van der Waals surface area contributed by atoms with Gasteiger partial charge in [-0.15, -0.1) is 11.8 Å². The highest BCUT2D eigenvalue weighted by Gasteiger charge is 2.59. The first-order valence-corrected chi connectivity index (χ1v) is 10.00. The van der Waals surface area contributed by atoms with E-state index >= 15 is 0 Å². The molecule has 184 valence electrons. The van der Waals surface area contributed by atoms with E-state index in [-0.39, 0.29) is 16.9 Å². The number of amides is 2. The summed E-state index contributed by atoms with van der Waals surface area (Å²) in [6, 6.07) is 6.44. The number of carbonyl (C=O) groups is 2. The fourth-order valence-corrected chi connectivity index (χ4v) is 3.54. The van der Waals surface area contributed by atoms with E-state index in [0.29, 0.717) is 29.6 Å². The molecule has 0 radical (unpaired) electrons. The van der Waals surface area contributed by atoms with Gasteiger partial charge in [-0.2, -0.15) is 26.3 Å². The van der Waals surface area contributed by atoms with Gasteiger partial charge in [-0.1, -0.05) is 0 Å². The second-order valence-corrected chi connectivity index (χ2v) is 7.84. The average molecular weight is 511 g/mol. The number of rotatable bonds is 7. The maximum Gasteiger partial charge on any atom is 0.427 e. The van der Waals surface area contributed by atoms with E-state index in [2.05, 4.69) is 5.32 Å². The van der Waals surface area contributed by atoms with Gasteiger partial charge in [0, 0.05) is 35.0 Å². The first-order valence-electron chi connectivity index (χ1n) is 9.01. The third-order valence-electron chi connectivity index (χ3n) is 4.22. The van der Waals surface area contributed by atoms with E-state index in [0.717, 1.165) is 0 Å². The monoisotopic (exact) mass is 511 g/mol. The van der Waals surface area contributed by atoms with Crippen LogP contribution in [0.25, 0.3) is 0 Å². The Bertz CT molecular complexity index is 1090. The third-order valence-corrected chi connectivity index (χ3v) is 5.39. The predicted molar refractivity (Wildman–Crippen MR) is 109 cm³/mol. The van der Waals surface area contributed by atoms with E-state index < -0.39 is 51.5 Å². The molecule has 0 aliphatic rings. The molecule has 2 aromatic rings. The molecule has 0 saturated heterocycles. The number of hydrogen-bond acceptors (Lipinski definition) is 6. The lowest BCUT2D eigenvalue weighted by atomic mass is 10.0. The number of thioether (sulfide) groups is 1. The van der Waals surface area contributed by atoms with Crippen molar-refractivity contribution in [2.75, 3.05) is 16.4 Å². The van der Waals surface area contributed by atoms with Crippen LogP contribution in [-0.4, -0.2) is 39.4 Å². The lowest BCUT2D eigenvalue weighted by molar-refractivity contribution is -0.388. The van der Waals surface area contributed by atoms with Crippen LogP contribution in [0.5, 0.6) is 0 Å². The highest BCUT2D eigenvalue weighted by Crippen LogP contribution is 2.39. The van der Waals surface area contributed by atoms with Gasteiger partial charge in [0.25, 0.3) is 11.6 Å². The predicted octanol–water partition coefficient (Wildman–Crippen LogP) is 4.60. The SMILES string of the molecule is CC(=O)Nc1ccc(SCC(O)(C(=O)Nc2ccc([N+](=O)[O-])c(C(F)(F)F)c2)C(F)(F)F)cc1. The smallest absolute Gasteiger partial charge is 0.372 e. The summed E-state index contributed by atoms with van der Waals surface area (Å²) in [6.45, 7) is 1.24. The molecule has 8 nitrogen and oxygen atoms in total. The number of aliphatic hydroxyl groups is 1. The topological polar surface area (TPSA) is 122 Å². The van der Waals surface area contributed by atoms with E-state index in [4.69, 9.17) is 0 Å². The number of alkyl halides is 6. The van der Waals surface area contributed by atoms with E-state index in [1.807, 2.05) is 0 Å². The van der Waals surface area contributed by atoms with Crippen LogP contribution in [-0.2, 0) is 15.8 Å². The summed E-state index contributed by atoms with van der Waals surface area (Å²) < 4.78 is 79.9. The second kappa shape index (κ2) is 9.89. The van der Waals surface area contributed by atoms with Crippen molar-refractivity contribution >= 4 is 40.6 Å². The Balaban J connectivity index is 2.27. The minimum absolute atomic E-state index is 0.0979. The van der Waals surface area contributed by atoms with Crippen molar-refractivity contribution in [3.8, 4) is 0 Å². The number of carbonyl (C=O) groups excluding carboxylic acids is 2. The molecular formula is C19H15F6N3O5S. The molecule has 3 N–H and O–H groups in total. The number of hydrogen-bond donors (Lipinski definition) is 3. The third kappa shape index (κ3) is 6.38. The lowest BCUT2D eigenvalue weighted by Crippen LogP contribution is -2.56. The molecule has 0 aliphatic heterocycles. The molecule has 0 fully saturated rings. The van der Waals surface area contributed by atoms with E-state index in [9.17, 15) is 51.2 Å². The van der Waals surface area contributed by atoms with Crippen LogP contribution in [0, 0.1) is 10.1 Å². The average Bonchev–Trinajstić information content (AvgIpc) is 2.70.